The van der Waals surface area contributed by atoms with Gasteiger partial charge in [0.05, 0.1) is 25.9 Å². The summed E-state index contributed by atoms with van der Waals surface area (Å²) in [6.45, 7) is 18.9. The molecule has 2 heterocycles. The van der Waals surface area contributed by atoms with Gasteiger partial charge in [0.25, 0.3) is 0 Å². The number of rotatable bonds is 15. The Morgan fingerprint density at radius 3 is 2.63 bits per heavy atom. The Bertz CT molecular complexity index is 1010. The van der Waals surface area contributed by atoms with E-state index in [4.69, 9.17) is 18.5 Å². The fourth-order valence-corrected chi connectivity index (χ4v) is 5.53. The Kier molecular flexibility index (Phi) is 11.0. The molecule has 38 heavy (non-hydrogen) atoms. The number of carbonyl (C=O) groups is 2. The lowest BCUT2D eigenvalue weighted by Gasteiger charge is -2.32. The summed E-state index contributed by atoms with van der Waals surface area (Å²) >= 11 is 0. The maximum absolute atomic E-state index is 13.9. The highest BCUT2D eigenvalue weighted by atomic mass is 31.2. The van der Waals surface area contributed by atoms with Gasteiger partial charge in [0.2, 0.25) is 0 Å². The first-order chi connectivity index (χ1) is 17.8. The van der Waals surface area contributed by atoms with E-state index in [2.05, 4.69) is 36.7 Å². The highest BCUT2D eigenvalue weighted by Crippen LogP contribution is 2.50. The largest absolute Gasteiger partial charge is 0.465 e. The first-order valence-electron chi connectivity index (χ1n) is 12.0. The van der Waals surface area contributed by atoms with Gasteiger partial charge in [-0.3, -0.25) is 14.2 Å². The Hall–Kier alpha value is -2.76. The zero-order valence-electron chi connectivity index (χ0n) is 21.9. The van der Waals surface area contributed by atoms with Gasteiger partial charge in [0.15, 0.2) is 0 Å². The molecule has 0 bridgehead atoms. The number of allylic oxidation sites excluding steroid dienone is 3. The molecule has 0 aromatic heterocycles. The molecule has 13 heteroatoms. The summed E-state index contributed by atoms with van der Waals surface area (Å²) < 4.78 is 49.7. The van der Waals surface area contributed by atoms with Crippen molar-refractivity contribution in [2.45, 2.75) is 51.2 Å². The van der Waals surface area contributed by atoms with E-state index in [1.165, 1.54) is 19.9 Å². The van der Waals surface area contributed by atoms with Crippen molar-refractivity contribution in [1.29, 1.82) is 0 Å². The van der Waals surface area contributed by atoms with Crippen LogP contribution in [0.25, 0.3) is 0 Å². The molecule has 1 saturated heterocycles. The number of aliphatic hydroxyl groups excluding tert-OH is 1. The molecule has 3 unspecified atom stereocenters. The van der Waals surface area contributed by atoms with Crippen molar-refractivity contribution in [2.24, 2.45) is 11.8 Å². The number of ether oxygens (including phenoxy) is 2. The molecule has 2 rings (SSSR count). The van der Waals surface area contributed by atoms with Gasteiger partial charge in [-0.25, -0.2) is 13.8 Å². The number of carbonyl (C=O) groups excluding carboxylic acids is 2. The average molecular weight is 558 g/mol. The molecule has 0 aromatic rings. The SMILES string of the molecule is C=CC(C=C)C(C=C)C(=C)OP(=O)(NC(C)(C)C(=O)OCC)OCC1O[C@@H](N2C=C(F)CNC2=O)C[C@H]1O. The van der Waals surface area contributed by atoms with Crippen LogP contribution < -0.4 is 10.4 Å². The van der Waals surface area contributed by atoms with Gasteiger partial charge < -0.3 is 24.4 Å². The van der Waals surface area contributed by atoms with E-state index in [0.29, 0.717) is 0 Å². The summed E-state index contributed by atoms with van der Waals surface area (Å²) in [4.78, 5) is 25.6. The molecule has 5 atom stereocenters. The second-order valence-electron chi connectivity index (χ2n) is 9.19. The van der Waals surface area contributed by atoms with Crippen LogP contribution in [0.3, 0.4) is 0 Å². The molecule has 0 radical (unpaired) electrons. The van der Waals surface area contributed by atoms with E-state index < -0.39 is 62.1 Å². The van der Waals surface area contributed by atoms with Crippen molar-refractivity contribution in [1.82, 2.24) is 15.3 Å². The third-order valence-electron chi connectivity index (χ3n) is 5.87. The lowest BCUT2D eigenvalue weighted by molar-refractivity contribution is -0.149. The van der Waals surface area contributed by atoms with Crippen LogP contribution in [-0.2, 0) is 27.9 Å². The number of aliphatic hydroxyl groups is 1. The number of nitrogens with zero attached hydrogens (tertiary/aromatic N) is 1. The van der Waals surface area contributed by atoms with Crippen LogP contribution in [0, 0.1) is 11.8 Å². The molecule has 0 spiro atoms. The molecule has 0 saturated carbocycles. The first kappa shape index (κ1) is 31.5. The number of halogens is 1. The van der Waals surface area contributed by atoms with E-state index in [0.717, 1.165) is 11.1 Å². The molecule has 212 valence electrons. The number of amides is 2. The zero-order chi connectivity index (χ0) is 28.7. The van der Waals surface area contributed by atoms with E-state index in [1.807, 2.05) is 0 Å². The number of hydrogen-bond donors (Lipinski definition) is 3. The molecule has 2 aliphatic rings. The Labute approximate surface area is 222 Å². The minimum Gasteiger partial charge on any atom is -0.465 e. The summed E-state index contributed by atoms with van der Waals surface area (Å²) in [5.41, 5.74) is -1.52. The zero-order valence-corrected chi connectivity index (χ0v) is 22.8. The maximum atomic E-state index is 13.9. The quantitative estimate of drug-likeness (QED) is 0.119. The number of esters is 1. The molecule has 3 N–H and O–H groups in total. The van der Waals surface area contributed by atoms with Gasteiger partial charge in [-0.1, -0.05) is 24.8 Å². The predicted molar refractivity (Wildman–Crippen MR) is 139 cm³/mol. The normalized spacial score (nSPS) is 24.1. The Balaban J connectivity index is 2.24. The van der Waals surface area contributed by atoms with E-state index >= 15 is 0 Å². The third-order valence-corrected chi connectivity index (χ3v) is 7.67. The molecular formula is C25H37FN3O8P. The smallest absolute Gasteiger partial charge is 0.459 e. The summed E-state index contributed by atoms with van der Waals surface area (Å²) in [6, 6.07) is -0.595. The molecule has 11 nitrogen and oxygen atoms in total. The summed E-state index contributed by atoms with van der Waals surface area (Å²) in [5, 5.41) is 15.5. The Morgan fingerprint density at radius 2 is 2.05 bits per heavy atom. The van der Waals surface area contributed by atoms with Crippen LogP contribution >= 0.6 is 7.75 Å². The van der Waals surface area contributed by atoms with Crippen molar-refractivity contribution in [3.8, 4) is 0 Å². The van der Waals surface area contributed by atoms with Gasteiger partial charge in [-0.05, 0) is 20.8 Å². The highest BCUT2D eigenvalue weighted by molar-refractivity contribution is 7.51. The van der Waals surface area contributed by atoms with Crippen LogP contribution in [0.15, 0.2) is 62.3 Å². The molecule has 1 fully saturated rings. The van der Waals surface area contributed by atoms with E-state index in [9.17, 15) is 23.7 Å². The molecule has 2 aliphatic heterocycles. The minimum absolute atomic E-state index is 0.00309. The molecule has 0 aromatic carbocycles. The van der Waals surface area contributed by atoms with Gasteiger partial charge in [-0.15, -0.1) is 19.7 Å². The van der Waals surface area contributed by atoms with Crippen molar-refractivity contribution in [2.75, 3.05) is 19.8 Å². The fraction of sp³-hybridized carbons (Fsp3) is 0.520. The maximum Gasteiger partial charge on any atom is 0.459 e. The van der Waals surface area contributed by atoms with Gasteiger partial charge in [0.1, 0.15) is 29.5 Å². The van der Waals surface area contributed by atoms with E-state index in [-0.39, 0.29) is 31.2 Å². The van der Waals surface area contributed by atoms with Crippen LogP contribution in [0.5, 0.6) is 0 Å². The minimum atomic E-state index is -4.38. The van der Waals surface area contributed by atoms with Gasteiger partial charge in [-0.2, -0.15) is 5.09 Å². The van der Waals surface area contributed by atoms with Gasteiger partial charge >= 0.3 is 19.7 Å². The number of nitrogens with one attached hydrogen (secondary N) is 2. The van der Waals surface area contributed by atoms with Crippen LogP contribution in [0.2, 0.25) is 0 Å². The number of urea groups is 1. The molecular weight excluding hydrogens is 520 g/mol. The Morgan fingerprint density at radius 1 is 1.39 bits per heavy atom. The predicted octanol–water partition coefficient (Wildman–Crippen LogP) is 3.68. The fourth-order valence-electron chi connectivity index (χ4n) is 3.82. The van der Waals surface area contributed by atoms with Crippen molar-refractivity contribution in [3.05, 3.63) is 62.3 Å². The standard InChI is InChI=1S/C25H37FN3O8P/c1-8-17(9-2)19(10-3)16(5)37-38(33,28-25(6,7)23(31)34-11-4)35-15-21-20(30)12-22(36-21)29-14-18(26)13-27-24(29)32/h8-10,14,17,19-22,30H,1-3,5,11-13,15H2,4,6-7H3,(H,27,32)(H,28,33)/t19?,20-,21?,22-,38?/m1/s1. The molecule has 0 aliphatic carbocycles. The van der Waals surface area contributed by atoms with E-state index in [1.54, 1.807) is 19.1 Å². The second-order valence-corrected chi connectivity index (χ2v) is 10.9. The van der Waals surface area contributed by atoms with Crippen molar-refractivity contribution in [3.63, 3.8) is 0 Å². The van der Waals surface area contributed by atoms with Crippen molar-refractivity contribution < 1.29 is 42.2 Å². The van der Waals surface area contributed by atoms with Crippen LogP contribution in [-0.4, -0.2) is 65.7 Å². The summed E-state index contributed by atoms with van der Waals surface area (Å²) in [7, 11) is -4.38. The molecule has 2 amide bonds. The topological polar surface area (TPSA) is 136 Å². The second kappa shape index (κ2) is 13.3. The summed E-state index contributed by atoms with van der Waals surface area (Å²) in [6.07, 6.45) is 2.44. The van der Waals surface area contributed by atoms with Gasteiger partial charge in [0, 0.05) is 24.5 Å². The summed E-state index contributed by atoms with van der Waals surface area (Å²) in [5.74, 6) is -2.23. The highest BCUT2D eigenvalue weighted by Gasteiger charge is 2.44. The number of hydrogen-bond acceptors (Lipinski definition) is 8. The van der Waals surface area contributed by atoms with Crippen LogP contribution in [0.4, 0.5) is 9.18 Å². The van der Waals surface area contributed by atoms with Crippen LogP contribution in [0.1, 0.15) is 27.2 Å². The first-order valence-corrected chi connectivity index (χ1v) is 13.6. The average Bonchev–Trinajstić information content (AvgIpc) is 3.22. The van der Waals surface area contributed by atoms with Crippen molar-refractivity contribution >= 4 is 19.7 Å². The third kappa shape index (κ3) is 7.87. The monoisotopic (exact) mass is 557 g/mol. The lowest BCUT2D eigenvalue weighted by Crippen LogP contribution is -2.47. The lowest BCUT2D eigenvalue weighted by atomic mass is 9.91.